The van der Waals surface area contributed by atoms with E-state index in [1.807, 2.05) is 36.4 Å². The molecule has 0 radical (unpaired) electrons. The Kier molecular flexibility index (Phi) is 7.17. The smallest absolute Gasteiger partial charge is 0.238 e. The van der Waals surface area contributed by atoms with Crippen LogP contribution in [0, 0.1) is 0 Å². The monoisotopic (exact) mass is 716 g/mol. The van der Waals surface area contributed by atoms with E-state index >= 15 is 0 Å². The van der Waals surface area contributed by atoms with Crippen molar-refractivity contribution in [1.29, 1.82) is 0 Å². The molecule has 0 bridgehead atoms. The van der Waals surface area contributed by atoms with Gasteiger partial charge in [-0.3, -0.25) is 4.57 Å². The van der Waals surface area contributed by atoms with E-state index in [0.29, 0.717) is 17.6 Å². The number of para-hydroxylation sites is 2. The molecule has 1 aliphatic rings. The lowest BCUT2D eigenvalue weighted by Crippen LogP contribution is -2.14. The van der Waals surface area contributed by atoms with Gasteiger partial charge in [0.1, 0.15) is 0 Å². The molecule has 56 heavy (non-hydrogen) atoms. The highest BCUT2D eigenvalue weighted by atomic mass is 15.2. The summed E-state index contributed by atoms with van der Waals surface area (Å²) in [4.78, 5) is 15.5. The van der Waals surface area contributed by atoms with Gasteiger partial charge in [0.05, 0.1) is 11.0 Å². The van der Waals surface area contributed by atoms with Crippen molar-refractivity contribution in [3.05, 3.63) is 193 Å². The van der Waals surface area contributed by atoms with E-state index in [4.69, 9.17) is 15.0 Å². The van der Waals surface area contributed by atoms with Crippen LogP contribution < -0.4 is 0 Å². The molecule has 0 amide bonds. The van der Waals surface area contributed by atoms with Crippen molar-refractivity contribution < 1.29 is 0 Å². The predicted molar refractivity (Wildman–Crippen MR) is 231 cm³/mol. The number of rotatable bonds is 5. The lowest BCUT2D eigenvalue weighted by Gasteiger charge is -2.22. The van der Waals surface area contributed by atoms with E-state index in [1.54, 1.807) is 0 Å². The minimum atomic E-state index is -0.0936. The molecule has 0 saturated heterocycles. The summed E-state index contributed by atoms with van der Waals surface area (Å²) in [5.41, 5.74) is 14.0. The first-order valence-electron chi connectivity index (χ1n) is 19.2. The van der Waals surface area contributed by atoms with Crippen LogP contribution in [0.25, 0.3) is 94.7 Å². The second kappa shape index (κ2) is 12.4. The number of hydrogen-bond acceptors (Lipinski definition) is 3. The van der Waals surface area contributed by atoms with Crippen LogP contribution in [0.1, 0.15) is 25.0 Å². The van der Waals surface area contributed by atoms with E-state index in [2.05, 4.69) is 164 Å². The van der Waals surface area contributed by atoms with E-state index in [1.165, 1.54) is 44.2 Å². The number of benzene rings is 8. The summed E-state index contributed by atoms with van der Waals surface area (Å²) >= 11 is 0. The SMILES string of the molecule is CC1(C)c2ccccc2-c2ccc(-c3cc(-c4cccc5c6ccccc6n(-c6nc(-c7ccccc7)nc(-c7ccccc7)n6)c45)cc4ccccc34)cc21. The van der Waals surface area contributed by atoms with Crippen LogP contribution in [-0.2, 0) is 5.41 Å². The highest BCUT2D eigenvalue weighted by molar-refractivity contribution is 6.14. The zero-order valence-electron chi connectivity index (χ0n) is 31.1. The quantitative estimate of drug-likeness (QED) is 0.178. The highest BCUT2D eigenvalue weighted by Crippen LogP contribution is 2.50. The Morgan fingerprint density at radius 2 is 1.00 bits per heavy atom. The standard InChI is InChI=1S/C52H36N4/c1-52(2)45-26-13-11-22-40(45)41-29-28-36(32-46(41)52)44-31-37(30-35-20-9-10-21-38(35)44)39-24-15-25-43-42-23-12-14-27-47(42)56(48(39)43)51-54-49(33-16-5-3-6-17-33)53-50(55-51)34-18-7-4-8-19-34/h3-32H,1-2H3. The lowest BCUT2D eigenvalue weighted by atomic mass is 9.81. The fraction of sp³-hybridized carbons (Fsp3) is 0.0577. The second-order valence-corrected chi connectivity index (χ2v) is 15.2. The highest BCUT2D eigenvalue weighted by Gasteiger charge is 2.35. The Bertz CT molecular complexity index is 3100. The van der Waals surface area contributed by atoms with Crippen molar-refractivity contribution in [3.8, 4) is 62.1 Å². The molecule has 4 heteroatoms. The first-order valence-corrected chi connectivity index (χ1v) is 19.2. The van der Waals surface area contributed by atoms with Crippen LogP contribution in [0.5, 0.6) is 0 Å². The van der Waals surface area contributed by atoms with Crippen molar-refractivity contribution >= 4 is 32.6 Å². The summed E-state index contributed by atoms with van der Waals surface area (Å²) in [6.45, 7) is 4.70. The summed E-state index contributed by atoms with van der Waals surface area (Å²) in [5.74, 6) is 1.85. The zero-order valence-corrected chi connectivity index (χ0v) is 31.1. The lowest BCUT2D eigenvalue weighted by molar-refractivity contribution is 0.660. The van der Waals surface area contributed by atoms with Crippen molar-refractivity contribution in [2.45, 2.75) is 19.3 Å². The zero-order chi connectivity index (χ0) is 37.4. The van der Waals surface area contributed by atoms with Crippen LogP contribution in [0.2, 0.25) is 0 Å². The molecule has 0 saturated carbocycles. The maximum absolute atomic E-state index is 5.23. The van der Waals surface area contributed by atoms with Crippen molar-refractivity contribution in [2.75, 3.05) is 0 Å². The summed E-state index contributed by atoms with van der Waals surface area (Å²) in [6.07, 6.45) is 0. The van der Waals surface area contributed by atoms with Crippen molar-refractivity contribution in [3.63, 3.8) is 0 Å². The van der Waals surface area contributed by atoms with Gasteiger partial charge in [0.2, 0.25) is 5.95 Å². The molecule has 1 aliphatic carbocycles. The molecule has 0 spiro atoms. The molecule has 0 N–H and O–H groups in total. The van der Waals surface area contributed by atoms with Gasteiger partial charge in [-0.25, -0.2) is 4.98 Å². The van der Waals surface area contributed by atoms with Gasteiger partial charge >= 0.3 is 0 Å². The van der Waals surface area contributed by atoms with Gasteiger partial charge in [0.15, 0.2) is 11.6 Å². The molecule has 11 rings (SSSR count). The van der Waals surface area contributed by atoms with Crippen molar-refractivity contribution in [1.82, 2.24) is 19.5 Å². The third kappa shape index (κ3) is 4.96. The number of hydrogen-bond donors (Lipinski definition) is 0. The molecule has 2 aromatic heterocycles. The summed E-state index contributed by atoms with van der Waals surface area (Å²) in [5, 5.41) is 4.72. The largest absolute Gasteiger partial charge is 0.277 e. The number of aromatic nitrogens is 4. The van der Waals surface area contributed by atoms with Crippen LogP contribution in [0.4, 0.5) is 0 Å². The van der Waals surface area contributed by atoms with Gasteiger partial charge in [-0.05, 0) is 74.0 Å². The topological polar surface area (TPSA) is 43.6 Å². The van der Waals surface area contributed by atoms with Crippen LogP contribution in [0.15, 0.2) is 182 Å². The first-order chi connectivity index (χ1) is 27.5. The molecule has 10 aromatic rings. The van der Waals surface area contributed by atoms with Gasteiger partial charge in [0, 0.05) is 32.9 Å². The fourth-order valence-electron chi connectivity index (χ4n) is 8.93. The Morgan fingerprint density at radius 3 is 1.77 bits per heavy atom. The molecule has 8 aromatic carbocycles. The number of nitrogens with zero attached hydrogens (tertiary/aromatic N) is 4. The molecule has 0 atom stereocenters. The van der Waals surface area contributed by atoms with Gasteiger partial charge in [-0.1, -0.05) is 172 Å². The molecular formula is C52H36N4. The predicted octanol–water partition coefficient (Wildman–Crippen LogP) is 13.1. The Morgan fingerprint density at radius 1 is 0.393 bits per heavy atom. The van der Waals surface area contributed by atoms with Crippen LogP contribution in [-0.4, -0.2) is 19.5 Å². The molecule has 0 fully saturated rings. The van der Waals surface area contributed by atoms with Crippen molar-refractivity contribution in [2.24, 2.45) is 0 Å². The molecular weight excluding hydrogens is 681 g/mol. The van der Waals surface area contributed by atoms with Gasteiger partial charge in [-0.15, -0.1) is 0 Å². The molecule has 264 valence electrons. The first kappa shape index (κ1) is 32.3. The van der Waals surface area contributed by atoms with E-state index in [-0.39, 0.29) is 5.41 Å². The Labute approximate surface area is 325 Å². The molecule has 4 nitrogen and oxygen atoms in total. The average Bonchev–Trinajstić information content (AvgIpc) is 3.72. The Hall–Kier alpha value is -7.17. The summed E-state index contributed by atoms with van der Waals surface area (Å²) in [6, 6.07) is 65.0. The average molecular weight is 717 g/mol. The molecule has 2 heterocycles. The van der Waals surface area contributed by atoms with Crippen LogP contribution >= 0.6 is 0 Å². The summed E-state index contributed by atoms with van der Waals surface area (Å²) < 4.78 is 2.24. The fourth-order valence-corrected chi connectivity index (χ4v) is 8.93. The molecule has 0 aliphatic heterocycles. The second-order valence-electron chi connectivity index (χ2n) is 15.2. The van der Waals surface area contributed by atoms with Gasteiger partial charge in [0.25, 0.3) is 0 Å². The minimum absolute atomic E-state index is 0.0936. The third-order valence-corrected chi connectivity index (χ3v) is 11.6. The third-order valence-electron chi connectivity index (χ3n) is 11.6. The van der Waals surface area contributed by atoms with E-state index < -0.39 is 0 Å². The van der Waals surface area contributed by atoms with Gasteiger partial charge < -0.3 is 0 Å². The number of fused-ring (bicyclic) bond motifs is 7. The van der Waals surface area contributed by atoms with E-state index in [0.717, 1.165) is 44.1 Å². The summed E-state index contributed by atoms with van der Waals surface area (Å²) in [7, 11) is 0. The molecule has 0 unspecified atom stereocenters. The maximum atomic E-state index is 5.23. The maximum Gasteiger partial charge on any atom is 0.238 e. The van der Waals surface area contributed by atoms with E-state index in [9.17, 15) is 0 Å². The van der Waals surface area contributed by atoms with Gasteiger partial charge in [-0.2, -0.15) is 9.97 Å². The Balaban J connectivity index is 1.17. The van der Waals surface area contributed by atoms with Crippen LogP contribution in [0.3, 0.4) is 0 Å². The minimum Gasteiger partial charge on any atom is -0.277 e. The normalized spacial score (nSPS) is 13.0.